The van der Waals surface area contributed by atoms with E-state index in [2.05, 4.69) is 33.0 Å². The number of aromatic nitrogens is 3. The van der Waals surface area contributed by atoms with Gasteiger partial charge in [0.2, 0.25) is 5.91 Å². The molecule has 0 saturated heterocycles. The number of hydrogen-bond donors (Lipinski definition) is 1. The molecule has 1 aromatic carbocycles. The fraction of sp³-hybridized carbons (Fsp3) is 0.316. The first-order chi connectivity index (χ1) is 12.5. The molecule has 1 N–H and O–H groups in total. The van der Waals surface area contributed by atoms with Gasteiger partial charge in [0.05, 0.1) is 5.25 Å². The van der Waals surface area contributed by atoms with Crippen LogP contribution < -0.4 is 5.32 Å². The minimum atomic E-state index is -0.265. The fourth-order valence-corrected chi connectivity index (χ4v) is 4.17. The number of benzene rings is 1. The summed E-state index contributed by atoms with van der Waals surface area (Å²) in [5.41, 5.74) is 3.02. The van der Waals surface area contributed by atoms with Crippen molar-refractivity contribution in [2.75, 3.05) is 5.32 Å². The van der Waals surface area contributed by atoms with Gasteiger partial charge in [-0.1, -0.05) is 36.0 Å². The summed E-state index contributed by atoms with van der Waals surface area (Å²) in [5.74, 6) is -0.0276. The molecule has 2 aromatic heterocycles. The lowest BCUT2D eigenvalue weighted by Gasteiger charge is -2.15. The van der Waals surface area contributed by atoms with Crippen LogP contribution in [0.2, 0.25) is 0 Å². The maximum Gasteiger partial charge on any atom is 0.237 e. The predicted molar refractivity (Wildman–Crippen MR) is 108 cm³/mol. The van der Waals surface area contributed by atoms with Crippen LogP contribution in [0.1, 0.15) is 22.9 Å². The van der Waals surface area contributed by atoms with Gasteiger partial charge in [-0.2, -0.15) is 0 Å². The van der Waals surface area contributed by atoms with Crippen LogP contribution in [-0.2, 0) is 17.8 Å². The van der Waals surface area contributed by atoms with Gasteiger partial charge in [-0.15, -0.1) is 21.5 Å². The van der Waals surface area contributed by atoms with Crippen LogP contribution >= 0.6 is 23.1 Å². The minimum absolute atomic E-state index is 0.0276. The Bertz CT molecular complexity index is 853. The van der Waals surface area contributed by atoms with E-state index in [9.17, 15) is 4.79 Å². The van der Waals surface area contributed by atoms with E-state index in [4.69, 9.17) is 0 Å². The second-order valence-corrected chi connectivity index (χ2v) is 8.49. The van der Waals surface area contributed by atoms with Crippen molar-refractivity contribution in [1.29, 1.82) is 0 Å². The minimum Gasteiger partial charge on any atom is -0.325 e. The van der Waals surface area contributed by atoms with Gasteiger partial charge in [-0.05, 0) is 49.8 Å². The fourth-order valence-electron chi connectivity index (χ4n) is 2.62. The van der Waals surface area contributed by atoms with Crippen molar-refractivity contribution in [1.82, 2.24) is 14.8 Å². The first kappa shape index (κ1) is 18.7. The van der Waals surface area contributed by atoms with Crippen LogP contribution in [0, 0.1) is 13.8 Å². The van der Waals surface area contributed by atoms with Crippen LogP contribution in [0.5, 0.6) is 0 Å². The number of thiophene rings is 1. The third kappa shape index (κ3) is 4.53. The Labute approximate surface area is 161 Å². The highest BCUT2D eigenvalue weighted by Gasteiger charge is 2.19. The molecule has 0 aliphatic rings. The Morgan fingerprint density at radius 3 is 2.73 bits per heavy atom. The highest BCUT2D eigenvalue weighted by atomic mass is 32.2. The lowest BCUT2D eigenvalue weighted by molar-refractivity contribution is -0.115. The molecule has 7 heteroatoms. The largest absolute Gasteiger partial charge is 0.325 e. The number of thioether (sulfide) groups is 1. The van der Waals surface area contributed by atoms with Crippen molar-refractivity contribution >= 4 is 34.7 Å². The van der Waals surface area contributed by atoms with Gasteiger partial charge >= 0.3 is 0 Å². The van der Waals surface area contributed by atoms with Crippen LogP contribution in [0.3, 0.4) is 0 Å². The Morgan fingerprint density at radius 2 is 2.04 bits per heavy atom. The molecule has 1 unspecified atom stereocenters. The molecule has 5 nitrogen and oxygen atoms in total. The van der Waals surface area contributed by atoms with E-state index in [1.807, 2.05) is 43.5 Å². The summed E-state index contributed by atoms with van der Waals surface area (Å²) in [6, 6.07) is 10.2. The smallest absolute Gasteiger partial charge is 0.237 e. The molecule has 0 bridgehead atoms. The van der Waals surface area contributed by atoms with E-state index in [1.165, 1.54) is 16.6 Å². The number of carbonyl (C=O) groups excluding carboxylic acids is 1. The number of carbonyl (C=O) groups is 1. The molecule has 0 spiro atoms. The monoisotopic (exact) mass is 386 g/mol. The number of hydrogen-bond acceptors (Lipinski definition) is 5. The molecule has 0 aliphatic heterocycles. The van der Waals surface area contributed by atoms with Crippen molar-refractivity contribution < 1.29 is 4.79 Å². The number of aryl methyl sites for hydroxylation is 4. The molecular formula is C19H22N4OS2. The van der Waals surface area contributed by atoms with Crippen molar-refractivity contribution in [3.05, 3.63) is 58.0 Å². The first-order valence-electron chi connectivity index (χ1n) is 8.48. The van der Waals surface area contributed by atoms with E-state index in [1.54, 1.807) is 17.7 Å². The number of para-hydroxylation sites is 1. The van der Waals surface area contributed by atoms with E-state index >= 15 is 0 Å². The van der Waals surface area contributed by atoms with Crippen LogP contribution in [-0.4, -0.2) is 25.9 Å². The highest BCUT2D eigenvalue weighted by Crippen LogP contribution is 2.25. The van der Waals surface area contributed by atoms with Crippen LogP contribution in [0.15, 0.2) is 47.2 Å². The van der Waals surface area contributed by atoms with Crippen LogP contribution in [0.4, 0.5) is 5.69 Å². The summed E-state index contributed by atoms with van der Waals surface area (Å²) in [4.78, 5) is 13.9. The average Bonchev–Trinajstić information content (AvgIpc) is 3.28. The lowest BCUT2D eigenvalue weighted by Crippen LogP contribution is -2.24. The summed E-state index contributed by atoms with van der Waals surface area (Å²) in [6.45, 7) is 6.70. The van der Waals surface area contributed by atoms with Gasteiger partial charge in [0.15, 0.2) is 5.16 Å². The molecule has 0 aliphatic carbocycles. The average molecular weight is 387 g/mol. The Hall–Kier alpha value is -2.12. The van der Waals surface area contributed by atoms with Crippen molar-refractivity contribution in [3.63, 3.8) is 0 Å². The zero-order valence-corrected chi connectivity index (χ0v) is 16.7. The summed E-state index contributed by atoms with van der Waals surface area (Å²) in [7, 11) is 0. The lowest BCUT2D eigenvalue weighted by atomic mass is 10.1. The number of nitrogens with zero attached hydrogens (tertiary/aromatic N) is 3. The molecule has 2 heterocycles. The maximum atomic E-state index is 12.6. The van der Waals surface area contributed by atoms with Gasteiger partial charge in [-0.25, -0.2) is 0 Å². The second-order valence-electron chi connectivity index (χ2n) is 6.15. The number of anilines is 1. The van der Waals surface area contributed by atoms with Crippen molar-refractivity contribution in [2.45, 2.75) is 44.1 Å². The van der Waals surface area contributed by atoms with Crippen molar-refractivity contribution in [3.8, 4) is 0 Å². The van der Waals surface area contributed by atoms with E-state index in [0.29, 0.717) is 0 Å². The molecule has 0 radical (unpaired) electrons. The number of amides is 1. The molecular weight excluding hydrogens is 364 g/mol. The molecule has 1 amide bonds. The molecule has 3 rings (SSSR count). The number of rotatable bonds is 7. The zero-order valence-electron chi connectivity index (χ0n) is 15.1. The normalized spacial score (nSPS) is 12.1. The van der Waals surface area contributed by atoms with Gasteiger partial charge in [0, 0.05) is 17.1 Å². The zero-order chi connectivity index (χ0) is 18.5. The molecule has 136 valence electrons. The quantitative estimate of drug-likeness (QED) is 0.615. The topological polar surface area (TPSA) is 59.8 Å². The first-order valence-corrected chi connectivity index (χ1v) is 10.2. The van der Waals surface area contributed by atoms with E-state index in [0.717, 1.165) is 34.9 Å². The standard InChI is InChI=1S/C19H22N4OS2/c1-13-6-4-7-14(2)17(13)21-18(24)15(3)26-19-22-20-12-23(19)10-9-16-8-5-11-25-16/h4-8,11-12,15H,9-10H2,1-3H3,(H,21,24). The number of nitrogens with one attached hydrogen (secondary N) is 1. The SMILES string of the molecule is Cc1cccc(C)c1NC(=O)C(C)Sc1nncn1CCc1cccs1. The predicted octanol–water partition coefficient (Wildman–Crippen LogP) is 4.32. The molecule has 0 saturated carbocycles. The van der Waals surface area contributed by atoms with E-state index < -0.39 is 0 Å². The third-order valence-electron chi connectivity index (χ3n) is 4.14. The summed E-state index contributed by atoms with van der Waals surface area (Å²) in [5, 5.41) is 13.8. The summed E-state index contributed by atoms with van der Waals surface area (Å²) < 4.78 is 2.01. The van der Waals surface area contributed by atoms with Gasteiger partial charge in [-0.3, -0.25) is 4.79 Å². The van der Waals surface area contributed by atoms with Gasteiger partial charge in [0.1, 0.15) is 6.33 Å². The Morgan fingerprint density at radius 1 is 1.27 bits per heavy atom. The van der Waals surface area contributed by atoms with E-state index in [-0.39, 0.29) is 11.2 Å². The molecule has 3 aromatic rings. The van der Waals surface area contributed by atoms with Gasteiger partial charge < -0.3 is 9.88 Å². The highest BCUT2D eigenvalue weighted by molar-refractivity contribution is 8.00. The Balaban J connectivity index is 1.62. The molecule has 26 heavy (non-hydrogen) atoms. The Kier molecular flexibility index (Phi) is 6.11. The maximum absolute atomic E-state index is 12.6. The van der Waals surface area contributed by atoms with Crippen LogP contribution in [0.25, 0.3) is 0 Å². The van der Waals surface area contributed by atoms with Crippen molar-refractivity contribution in [2.24, 2.45) is 0 Å². The molecule has 0 fully saturated rings. The summed E-state index contributed by atoms with van der Waals surface area (Å²) >= 11 is 3.18. The summed E-state index contributed by atoms with van der Waals surface area (Å²) in [6.07, 6.45) is 2.66. The molecule has 1 atom stereocenters. The third-order valence-corrected chi connectivity index (χ3v) is 6.17. The van der Waals surface area contributed by atoms with Gasteiger partial charge in [0.25, 0.3) is 0 Å². The second kappa shape index (κ2) is 8.51.